The molecule has 130 valence electrons. The van der Waals surface area contributed by atoms with Crippen LogP contribution in [0.3, 0.4) is 0 Å². The maximum absolute atomic E-state index is 13.3. The van der Waals surface area contributed by atoms with Crippen molar-refractivity contribution in [2.45, 2.75) is 6.54 Å². The molecule has 0 unspecified atom stereocenters. The number of nitrogens with one attached hydrogen (secondary N) is 1. The summed E-state index contributed by atoms with van der Waals surface area (Å²) < 4.78 is 20.1. The highest BCUT2D eigenvalue weighted by Crippen LogP contribution is 2.20. The van der Waals surface area contributed by atoms with Crippen molar-refractivity contribution in [3.63, 3.8) is 0 Å². The second-order valence-electron chi connectivity index (χ2n) is 5.84. The molecule has 2 heterocycles. The van der Waals surface area contributed by atoms with E-state index in [-0.39, 0.29) is 11.6 Å². The molecule has 0 fully saturated rings. The van der Waals surface area contributed by atoms with E-state index in [9.17, 15) is 9.18 Å². The van der Waals surface area contributed by atoms with Crippen molar-refractivity contribution in [2.75, 3.05) is 26.0 Å². The van der Waals surface area contributed by atoms with Crippen LogP contribution in [0.4, 0.5) is 10.1 Å². The number of carbonyl (C=O) groups excluding carboxylic acids is 1. The van der Waals surface area contributed by atoms with Gasteiger partial charge < -0.3 is 14.7 Å². The van der Waals surface area contributed by atoms with E-state index in [0.29, 0.717) is 16.9 Å². The fourth-order valence-corrected chi connectivity index (χ4v) is 2.21. The molecule has 3 rings (SSSR count). The van der Waals surface area contributed by atoms with Crippen LogP contribution in [0.1, 0.15) is 10.6 Å². The van der Waals surface area contributed by atoms with Crippen molar-refractivity contribution < 1.29 is 13.7 Å². The van der Waals surface area contributed by atoms with E-state index < -0.39 is 5.91 Å². The first-order valence-corrected chi connectivity index (χ1v) is 7.72. The van der Waals surface area contributed by atoms with Gasteiger partial charge in [0.1, 0.15) is 11.5 Å². The lowest BCUT2D eigenvalue weighted by molar-refractivity contribution is 0.0988. The number of rotatable bonds is 6. The van der Waals surface area contributed by atoms with E-state index in [2.05, 4.69) is 15.6 Å². The highest BCUT2D eigenvalue weighted by molar-refractivity contribution is 6.02. The van der Waals surface area contributed by atoms with E-state index in [4.69, 9.17) is 4.52 Å². The molecule has 7 nitrogen and oxygen atoms in total. The third-order valence-electron chi connectivity index (χ3n) is 3.52. The number of nitrogens with zero attached hydrogens (tertiary/aromatic N) is 4. The fraction of sp³-hybridized carbons (Fsp3) is 0.235. The number of amides is 1. The van der Waals surface area contributed by atoms with Crippen LogP contribution in [0.25, 0.3) is 11.3 Å². The second kappa shape index (κ2) is 7.27. The van der Waals surface area contributed by atoms with Gasteiger partial charge in [-0.1, -0.05) is 17.3 Å². The van der Waals surface area contributed by atoms with Gasteiger partial charge in [-0.25, -0.2) is 4.39 Å². The zero-order chi connectivity index (χ0) is 17.8. The average molecular weight is 343 g/mol. The Morgan fingerprint density at radius 2 is 2.20 bits per heavy atom. The largest absolute Gasteiger partial charge is 0.350 e. The number of benzene rings is 1. The summed E-state index contributed by atoms with van der Waals surface area (Å²) in [6.07, 6.45) is 3.31. The van der Waals surface area contributed by atoms with Gasteiger partial charge in [0.15, 0.2) is 0 Å². The van der Waals surface area contributed by atoms with Gasteiger partial charge in [0.05, 0.1) is 18.4 Å². The molecule has 1 aromatic carbocycles. The predicted molar refractivity (Wildman–Crippen MR) is 90.6 cm³/mol. The van der Waals surface area contributed by atoms with Gasteiger partial charge >= 0.3 is 0 Å². The Kier molecular flexibility index (Phi) is 4.90. The summed E-state index contributed by atoms with van der Waals surface area (Å²) >= 11 is 0. The van der Waals surface area contributed by atoms with Gasteiger partial charge in [0, 0.05) is 24.4 Å². The van der Waals surface area contributed by atoms with Crippen molar-refractivity contribution >= 4 is 11.6 Å². The van der Waals surface area contributed by atoms with E-state index in [1.807, 2.05) is 19.0 Å². The SMILES string of the molecule is CN(C)CCn1cc(NC(=O)c2cc(-c3cccc(F)c3)no2)cn1. The Labute approximate surface area is 144 Å². The molecule has 0 aliphatic rings. The fourth-order valence-electron chi connectivity index (χ4n) is 2.21. The molecule has 25 heavy (non-hydrogen) atoms. The first-order valence-electron chi connectivity index (χ1n) is 7.72. The normalized spacial score (nSPS) is 11.0. The Bertz CT molecular complexity index is 871. The summed E-state index contributed by atoms with van der Waals surface area (Å²) in [6, 6.07) is 7.40. The first kappa shape index (κ1) is 16.8. The highest BCUT2D eigenvalue weighted by Gasteiger charge is 2.15. The van der Waals surface area contributed by atoms with Crippen LogP contribution in [0.5, 0.6) is 0 Å². The molecule has 0 radical (unpaired) electrons. The van der Waals surface area contributed by atoms with Gasteiger partial charge in [-0.15, -0.1) is 0 Å². The van der Waals surface area contributed by atoms with Gasteiger partial charge in [-0.3, -0.25) is 9.48 Å². The number of hydrogen-bond acceptors (Lipinski definition) is 5. The van der Waals surface area contributed by atoms with Crippen LogP contribution in [-0.2, 0) is 6.54 Å². The van der Waals surface area contributed by atoms with Gasteiger partial charge in [0.2, 0.25) is 5.76 Å². The highest BCUT2D eigenvalue weighted by atomic mass is 19.1. The molecule has 1 N–H and O–H groups in total. The Hall–Kier alpha value is -3.00. The summed E-state index contributed by atoms with van der Waals surface area (Å²) in [5, 5.41) is 10.7. The Morgan fingerprint density at radius 1 is 1.36 bits per heavy atom. The van der Waals surface area contributed by atoms with Crippen LogP contribution < -0.4 is 5.32 Å². The standard InChI is InChI=1S/C17H18FN5O2/c1-22(2)6-7-23-11-14(10-19-23)20-17(24)16-9-15(21-25-16)12-4-3-5-13(18)8-12/h3-5,8-11H,6-7H2,1-2H3,(H,20,24). The summed E-state index contributed by atoms with van der Waals surface area (Å²) in [5.41, 5.74) is 1.50. The van der Waals surface area contributed by atoms with Gasteiger partial charge in [-0.2, -0.15) is 5.10 Å². The summed E-state index contributed by atoms with van der Waals surface area (Å²) in [4.78, 5) is 14.3. The topological polar surface area (TPSA) is 76.2 Å². The van der Waals surface area contributed by atoms with Crippen molar-refractivity contribution in [3.8, 4) is 11.3 Å². The molecule has 0 spiro atoms. The van der Waals surface area contributed by atoms with Crippen molar-refractivity contribution in [3.05, 3.63) is 54.3 Å². The minimum absolute atomic E-state index is 0.0419. The first-order chi connectivity index (χ1) is 12.0. The number of halogens is 1. The molecule has 2 aromatic heterocycles. The molecule has 0 saturated carbocycles. The van der Waals surface area contributed by atoms with Crippen LogP contribution in [0.15, 0.2) is 47.2 Å². The minimum atomic E-state index is -0.442. The average Bonchev–Trinajstić information content (AvgIpc) is 3.22. The van der Waals surface area contributed by atoms with Crippen molar-refractivity contribution in [1.29, 1.82) is 0 Å². The quantitative estimate of drug-likeness (QED) is 0.744. The molecule has 8 heteroatoms. The molecule has 0 atom stereocenters. The van der Waals surface area contributed by atoms with Crippen LogP contribution in [-0.4, -0.2) is 46.4 Å². The lowest BCUT2D eigenvalue weighted by Crippen LogP contribution is -2.18. The lowest BCUT2D eigenvalue weighted by Gasteiger charge is -2.08. The summed E-state index contributed by atoms with van der Waals surface area (Å²) in [6.45, 7) is 1.56. The van der Waals surface area contributed by atoms with Crippen molar-refractivity contribution in [2.24, 2.45) is 0 Å². The Morgan fingerprint density at radius 3 is 2.96 bits per heavy atom. The smallest absolute Gasteiger partial charge is 0.294 e. The molecular weight excluding hydrogens is 325 g/mol. The van der Waals surface area contributed by atoms with E-state index in [0.717, 1.165) is 13.1 Å². The molecule has 0 bridgehead atoms. The van der Waals surface area contributed by atoms with Crippen molar-refractivity contribution in [1.82, 2.24) is 19.8 Å². The van der Waals surface area contributed by atoms with Crippen LogP contribution in [0.2, 0.25) is 0 Å². The zero-order valence-corrected chi connectivity index (χ0v) is 13.9. The van der Waals surface area contributed by atoms with E-state index in [1.165, 1.54) is 18.2 Å². The van der Waals surface area contributed by atoms with Crippen LogP contribution >= 0.6 is 0 Å². The third-order valence-corrected chi connectivity index (χ3v) is 3.52. The molecule has 0 saturated heterocycles. The number of aromatic nitrogens is 3. The number of anilines is 1. The predicted octanol–water partition coefficient (Wildman–Crippen LogP) is 2.49. The molecule has 0 aliphatic heterocycles. The molecular formula is C17H18FN5O2. The number of likely N-dealkylation sites (N-methyl/N-ethyl adjacent to an activating group) is 1. The molecule has 3 aromatic rings. The van der Waals surface area contributed by atoms with Gasteiger partial charge in [-0.05, 0) is 26.2 Å². The maximum atomic E-state index is 13.3. The monoisotopic (exact) mass is 343 g/mol. The van der Waals surface area contributed by atoms with Crippen LogP contribution in [0, 0.1) is 5.82 Å². The summed E-state index contributed by atoms with van der Waals surface area (Å²) in [5.74, 6) is -0.778. The third kappa shape index (κ3) is 4.30. The lowest BCUT2D eigenvalue weighted by atomic mass is 10.1. The second-order valence-corrected chi connectivity index (χ2v) is 5.84. The number of carbonyl (C=O) groups is 1. The minimum Gasteiger partial charge on any atom is -0.350 e. The molecule has 1 amide bonds. The Balaban J connectivity index is 1.66. The zero-order valence-electron chi connectivity index (χ0n) is 13.9. The maximum Gasteiger partial charge on any atom is 0.294 e. The number of hydrogen-bond donors (Lipinski definition) is 1. The summed E-state index contributed by atoms with van der Waals surface area (Å²) in [7, 11) is 3.96. The molecule has 0 aliphatic carbocycles. The van der Waals surface area contributed by atoms with E-state index in [1.54, 1.807) is 29.2 Å². The van der Waals surface area contributed by atoms with E-state index >= 15 is 0 Å². The van der Waals surface area contributed by atoms with Gasteiger partial charge in [0.25, 0.3) is 5.91 Å².